The molecular formula is C13H16N3O2P. The molecular weight excluding hydrogens is 261 g/mol. The maximum atomic E-state index is 12.2. The summed E-state index contributed by atoms with van der Waals surface area (Å²) in [5.74, 6) is 1.14. The van der Waals surface area contributed by atoms with Gasteiger partial charge in [-0.15, -0.1) is 0 Å². The predicted octanol–water partition coefficient (Wildman–Crippen LogP) is 1.98. The van der Waals surface area contributed by atoms with Gasteiger partial charge in [0.1, 0.15) is 7.14 Å². The van der Waals surface area contributed by atoms with Crippen LogP contribution in [-0.4, -0.2) is 30.4 Å². The summed E-state index contributed by atoms with van der Waals surface area (Å²) in [7, 11) is -0.864. The molecule has 5 nitrogen and oxygen atoms in total. The van der Waals surface area contributed by atoms with E-state index in [4.69, 9.17) is 10.5 Å². The van der Waals surface area contributed by atoms with Crippen LogP contribution in [0.15, 0.2) is 30.6 Å². The molecule has 0 aliphatic heterocycles. The zero-order valence-corrected chi connectivity index (χ0v) is 12.0. The molecule has 2 rings (SSSR count). The highest BCUT2D eigenvalue weighted by atomic mass is 31.2. The molecule has 0 atom stereocenters. The van der Waals surface area contributed by atoms with Gasteiger partial charge in [-0.1, -0.05) is 0 Å². The van der Waals surface area contributed by atoms with Crippen molar-refractivity contribution in [2.45, 2.75) is 0 Å². The van der Waals surface area contributed by atoms with Crippen LogP contribution in [0.5, 0.6) is 5.75 Å². The van der Waals surface area contributed by atoms with Crippen LogP contribution in [-0.2, 0) is 4.57 Å². The molecule has 19 heavy (non-hydrogen) atoms. The van der Waals surface area contributed by atoms with Crippen molar-refractivity contribution in [2.24, 2.45) is 0 Å². The van der Waals surface area contributed by atoms with Crippen LogP contribution < -0.4 is 15.8 Å². The second-order valence-electron chi connectivity index (χ2n) is 4.57. The minimum absolute atomic E-state index is 0.533. The van der Waals surface area contributed by atoms with Crippen LogP contribution in [0.3, 0.4) is 0 Å². The van der Waals surface area contributed by atoms with Crippen LogP contribution in [0.1, 0.15) is 0 Å². The summed E-state index contributed by atoms with van der Waals surface area (Å²) in [5.41, 5.74) is 7.19. The Morgan fingerprint density at radius 2 is 1.84 bits per heavy atom. The monoisotopic (exact) mass is 277 g/mol. The van der Waals surface area contributed by atoms with Crippen LogP contribution in [0.2, 0.25) is 0 Å². The van der Waals surface area contributed by atoms with Crippen molar-refractivity contribution in [3.05, 3.63) is 30.6 Å². The van der Waals surface area contributed by atoms with Gasteiger partial charge in [-0.2, -0.15) is 0 Å². The van der Waals surface area contributed by atoms with Crippen LogP contribution >= 0.6 is 7.14 Å². The number of benzene rings is 1. The van der Waals surface area contributed by atoms with E-state index in [0.717, 1.165) is 5.56 Å². The minimum atomic E-state index is -2.42. The van der Waals surface area contributed by atoms with Gasteiger partial charge >= 0.3 is 0 Å². The highest BCUT2D eigenvalue weighted by molar-refractivity contribution is 7.70. The second-order valence-corrected chi connectivity index (χ2v) is 7.75. The third-order valence-electron chi connectivity index (χ3n) is 2.73. The minimum Gasteiger partial charge on any atom is -0.494 e. The van der Waals surface area contributed by atoms with Crippen molar-refractivity contribution in [3.63, 3.8) is 0 Å². The summed E-state index contributed by atoms with van der Waals surface area (Å²) < 4.78 is 17.2. The predicted molar refractivity (Wildman–Crippen MR) is 77.5 cm³/mol. The summed E-state index contributed by atoms with van der Waals surface area (Å²) in [4.78, 5) is 8.41. The van der Waals surface area contributed by atoms with Gasteiger partial charge in [0, 0.05) is 16.6 Å². The molecule has 0 saturated carbocycles. The van der Waals surface area contributed by atoms with Crippen molar-refractivity contribution < 1.29 is 9.30 Å². The van der Waals surface area contributed by atoms with E-state index in [-0.39, 0.29) is 0 Å². The molecule has 0 radical (unpaired) electrons. The van der Waals surface area contributed by atoms with Crippen molar-refractivity contribution in [1.29, 1.82) is 0 Å². The molecule has 1 heterocycles. The van der Waals surface area contributed by atoms with E-state index >= 15 is 0 Å². The Balaban J connectivity index is 2.48. The quantitative estimate of drug-likeness (QED) is 0.685. The maximum absolute atomic E-state index is 12.2. The van der Waals surface area contributed by atoms with E-state index in [0.29, 0.717) is 22.6 Å². The molecule has 0 spiro atoms. The molecule has 0 unspecified atom stereocenters. The highest BCUT2D eigenvalue weighted by Crippen LogP contribution is 2.38. The molecule has 0 fully saturated rings. The first-order valence-electron chi connectivity index (χ1n) is 5.73. The largest absolute Gasteiger partial charge is 0.494 e. The zero-order chi connectivity index (χ0) is 14.0. The number of ether oxygens (including phenoxy) is 1. The fourth-order valence-corrected chi connectivity index (χ4v) is 2.87. The number of hydrogen-bond acceptors (Lipinski definition) is 5. The number of hydrogen-bond donors (Lipinski definition) is 1. The summed E-state index contributed by atoms with van der Waals surface area (Å²) >= 11 is 0. The third-order valence-corrected chi connectivity index (χ3v) is 4.28. The number of methoxy groups -OCH3 is 1. The van der Waals surface area contributed by atoms with Crippen molar-refractivity contribution >= 4 is 18.1 Å². The molecule has 1 aromatic heterocycles. The summed E-state index contributed by atoms with van der Waals surface area (Å²) in [6, 6.07) is 5.34. The third kappa shape index (κ3) is 2.93. The summed E-state index contributed by atoms with van der Waals surface area (Å²) in [6.07, 6.45) is 3.19. The van der Waals surface area contributed by atoms with Gasteiger partial charge in [-0.05, 0) is 31.5 Å². The number of nitrogens with zero attached hydrogens (tertiary/aromatic N) is 2. The first-order chi connectivity index (χ1) is 8.91. The summed E-state index contributed by atoms with van der Waals surface area (Å²) in [5, 5.41) is 0.657. The van der Waals surface area contributed by atoms with Crippen LogP contribution in [0.4, 0.5) is 5.69 Å². The number of aromatic nitrogens is 2. The SMILES string of the molecule is COc1cnc(-c2ccc(N)c(P(C)(C)=O)c2)nc1. The van der Waals surface area contributed by atoms with E-state index < -0.39 is 7.14 Å². The lowest BCUT2D eigenvalue weighted by molar-refractivity contribution is 0.411. The van der Waals surface area contributed by atoms with Gasteiger partial charge < -0.3 is 15.0 Å². The first kappa shape index (κ1) is 13.6. The molecule has 0 saturated heterocycles. The smallest absolute Gasteiger partial charge is 0.159 e. The number of rotatable bonds is 3. The van der Waals surface area contributed by atoms with Gasteiger partial charge in [0.2, 0.25) is 0 Å². The number of anilines is 1. The molecule has 2 aromatic rings. The molecule has 0 aliphatic carbocycles. The van der Waals surface area contributed by atoms with Crippen molar-refractivity contribution in [2.75, 3.05) is 26.2 Å². The average molecular weight is 277 g/mol. The lowest BCUT2D eigenvalue weighted by Crippen LogP contribution is -2.10. The second kappa shape index (κ2) is 5.02. The fourth-order valence-electron chi connectivity index (χ4n) is 1.72. The van der Waals surface area contributed by atoms with E-state index in [1.54, 1.807) is 45.0 Å². The van der Waals surface area contributed by atoms with Gasteiger partial charge in [-0.25, -0.2) is 9.97 Å². The maximum Gasteiger partial charge on any atom is 0.159 e. The Labute approximate surface area is 112 Å². The van der Waals surface area contributed by atoms with Gasteiger partial charge in [0.25, 0.3) is 0 Å². The van der Waals surface area contributed by atoms with Crippen molar-refractivity contribution in [3.8, 4) is 17.1 Å². The molecule has 0 amide bonds. The molecule has 1 aromatic carbocycles. The summed E-state index contributed by atoms with van der Waals surface area (Å²) in [6.45, 7) is 3.38. The van der Waals surface area contributed by atoms with E-state index in [2.05, 4.69) is 9.97 Å². The normalized spacial score (nSPS) is 11.3. The first-order valence-corrected chi connectivity index (χ1v) is 8.33. The molecule has 6 heteroatoms. The lowest BCUT2D eigenvalue weighted by Gasteiger charge is -2.12. The van der Waals surface area contributed by atoms with Gasteiger partial charge in [0.15, 0.2) is 11.6 Å². The Hall–Kier alpha value is -1.87. The topological polar surface area (TPSA) is 78.1 Å². The van der Waals surface area contributed by atoms with Gasteiger partial charge in [-0.3, -0.25) is 0 Å². The standard InChI is InChI=1S/C13H16N3O2P/c1-18-10-7-15-13(16-8-10)9-4-5-11(14)12(6-9)19(2,3)17/h4-8H,14H2,1-3H3. The number of nitrogens with two attached hydrogens (primary N) is 1. The Bertz CT molecular complexity index is 635. The molecule has 100 valence electrons. The Morgan fingerprint density at radius 1 is 1.21 bits per heavy atom. The van der Waals surface area contributed by atoms with Crippen LogP contribution in [0, 0.1) is 0 Å². The molecule has 0 aliphatic rings. The van der Waals surface area contributed by atoms with E-state index in [1.807, 2.05) is 6.07 Å². The van der Waals surface area contributed by atoms with Gasteiger partial charge in [0.05, 0.1) is 19.5 Å². The fraction of sp³-hybridized carbons (Fsp3) is 0.231. The van der Waals surface area contributed by atoms with E-state index in [1.165, 1.54) is 0 Å². The Kier molecular flexibility index (Phi) is 3.58. The van der Waals surface area contributed by atoms with E-state index in [9.17, 15) is 4.57 Å². The average Bonchev–Trinajstić information content (AvgIpc) is 2.38. The number of nitrogen functional groups attached to an aromatic ring is 1. The van der Waals surface area contributed by atoms with Crippen LogP contribution in [0.25, 0.3) is 11.4 Å². The lowest BCUT2D eigenvalue weighted by atomic mass is 10.2. The zero-order valence-electron chi connectivity index (χ0n) is 11.1. The Morgan fingerprint density at radius 3 is 2.37 bits per heavy atom. The molecule has 2 N–H and O–H groups in total. The highest BCUT2D eigenvalue weighted by Gasteiger charge is 2.16. The molecule has 0 bridgehead atoms. The van der Waals surface area contributed by atoms with Crippen molar-refractivity contribution in [1.82, 2.24) is 9.97 Å².